The molecule has 0 saturated heterocycles. The lowest BCUT2D eigenvalue weighted by molar-refractivity contribution is 0.625. The summed E-state index contributed by atoms with van der Waals surface area (Å²) in [5, 5.41) is 0. The van der Waals surface area contributed by atoms with Crippen LogP contribution in [0.2, 0.25) is 0 Å². The molecule has 0 rings (SSSR count). The molecule has 0 aliphatic carbocycles. The predicted molar refractivity (Wildman–Crippen MR) is 57.1 cm³/mol. The first-order valence-corrected chi connectivity index (χ1v) is 5.27. The Labute approximate surface area is 78.1 Å². The highest BCUT2D eigenvalue weighted by molar-refractivity contribution is 4.93. The number of hydrogen-bond donors (Lipinski definition) is 0. The SMILES string of the molecule is [CH2]CCC(=C)CCCCCCC. The van der Waals surface area contributed by atoms with Crippen molar-refractivity contribution in [2.45, 2.75) is 58.3 Å². The van der Waals surface area contributed by atoms with Gasteiger partial charge in [0.1, 0.15) is 0 Å². The summed E-state index contributed by atoms with van der Waals surface area (Å²) in [5.74, 6) is 0. The second-order valence-corrected chi connectivity index (χ2v) is 3.52. The van der Waals surface area contributed by atoms with E-state index in [1.54, 1.807) is 0 Å². The van der Waals surface area contributed by atoms with Crippen molar-refractivity contribution in [2.24, 2.45) is 0 Å². The van der Waals surface area contributed by atoms with Crippen LogP contribution in [-0.2, 0) is 0 Å². The number of rotatable bonds is 8. The number of allylic oxidation sites excluding steroid dienone is 1. The molecule has 0 unspecified atom stereocenters. The fourth-order valence-corrected chi connectivity index (χ4v) is 1.35. The Morgan fingerprint density at radius 2 is 1.67 bits per heavy atom. The van der Waals surface area contributed by atoms with Gasteiger partial charge in [-0.15, -0.1) is 0 Å². The van der Waals surface area contributed by atoms with Gasteiger partial charge in [-0.05, 0) is 25.7 Å². The van der Waals surface area contributed by atoms with Crippen molar-refractivity contribution >= 4 is 0 Å². The van der Waals surface area contributed by atoms with E-state index in [0.29, 0.717) is 0 Å². The van der Waals surface area contributed by atoms with Gasteiger partial charge in [0.15, 0.2) is 0 Å². The summed E-state index contributed by atoms with van der Waals surface area (Å²) in [6.45, 7) is 10.1. The maximum atomic E-state index is 4.02. The Morgan fingerprint density at radius 3 is 2.25 bits per heavy atom. The molecule has 0 fully saturated rings. The molecule has 0 heterocycles. The van der Waals surface area contributed by atoms with Crippen LogP contribution >= 0.6 is 0 Å². The third kappa shape index (κ3) is 7.84. The predicted octanol–water partition coefficient (Wildman–Crippen LogP) is 4.52. The fourth-order valence-electron chi connectivity index (χ4n) is 1.35. The van der Waals surface area contributed by atoms with E-state index in [1.807, 2.05) is 0 Å². The smallest absolute Gasteiger partial charge is 0.0323 e. The quantitative estimate of drug-likeness (QED) is 0.368. The van der Waals surface area contributed by atoms with Gasteiger partial charge < -0.3 is 0 Å². The highest BCUT2D eigenvalue weighted by atomic mass is 14.0. The summed E-state index contributed by atoms with van der Waals surface area (Å²) < 4.78 is 0. The topological polar surface area (TPSA) is 0 Å². The molecule has 0 bridgehead atoms. The van der Waals surface area contributed by atoms with Gasteiger partial charge in [-0.3, -0.25) is 0 Å². The average molecular weight is 167 g/mol. The van der Waals surface area contributed by atoms with Gasteiger partial charge in [0, 0.05) is 0 Å². The molecule has 0 heteroatoms. The van der Waals surface area contributed by atoms with Crippen LogP contribution in [0.3, 0.4) is 0 Å². The van der Waals surface area contributed by atoms with E-state index >= 15 is 0 Å². The minimum Gasteiger partial charge on any atom is -0.0999 e. The van der Waals surface area contributed by atoms with Crippen LogP contribution < -0.4 is 0 Å². The van der Waals surface area contributed by atoms with E-state index < -0.39 is 0 Å². The Hall–Kier alpha value is -0.260. The highest BCUT2D eigenvalue weighted by Crippen LogP contribution is 2.13. The monoisotopic (exact) mass is 167 g/mol. The summed E-state index contributed by atoms with van der Waals surface area (Å²) in [6, 6.07) is 0. The lowest BCUT2D eigenvalue weighted by Crippen LogP contribution is -1.83. The molecular formula is C12H23. The molecule has 0 N–H and O–H groups in total. The van der Waals surface area contributed by atoms with Crippen LogP contribution in [-0.4, -0.2) is 0 Å². The Kier molecular flexibility index (Phi) is 8.64. The molecule has 0 nitrogen and oxygen atoms in total. The van der Waals surface area contributed by atoms with Gasteiger partial charge in [-0.1, -0.05) is 51.7 Å². The molecule has 0 aliphatic rings. The second-order valence-electron chi connectivity index (χ2n) is 3.52. The molecule has 0 aromatic heterocycles. The zero-order chi connectivity index (χ0) is 9.23. The van der Waals surface area contributed by atoms with Gasteiger partial charge in [0.25, 0.3) is 0 Å². The van der Waals surface area contributed by atoms with Crippen LogP contribution in [0.25, 0.3) is 0 Å². The van der Waals surface area contributed by atoms with E-state index in [-0.39, 0.29) is 0 Å². The molecule has 1 radical (unpaired) electrons. The lowest BCUT2D eigenvalue weighted by Gasteiger charge is -2.02. The first kappa shape index (κ1) is 11.7. The molecule has 0 spiro atoms. The summed E-state index contributed by atoms with van der Waals surface area (Å²) in [7, 11) is 0. The van der Waals surface area contributed by atoms with Crippen LogP contribution in [0.4, 0.5) is 0 Å². The van der Waals surface area contributed by atoms with Gasteiger partial charge in [-0.2, -0.15) is 0 Å². The van der Waals surface area contributed by atoms with Crippen molar-refractivity contribution < 1.29 is 0 Å². The third-order valence-corrected chi connectivity index (χ3v) is 2.16. The molecule has 0 aliphatic heterocycles. The van der Waals surface area contributed by atoms with E-state index in [4.69, 9.17) is 0 Å². The van der Waals surface area contributed by atoms with E-state index in [9.17, 15) is 0 Å². The van der Waals surface area contributed by atoms with E-state index in [0.717, 1.165) is 12.8 Å². The van der Waals surface area contributed by atoms with E-state index in [1.165, 1.54) is 44.1 Å². The van der Waals surface area contributed by atoms with Crippen molar-refractivity contribution in [1.82, 2.24) is 0 Å². The van der Waals surface area contributed by atoms with Crippen LogP contribution in [0.5, 0.6) is 0 Å². The molecule has 71 valence electrons. The van der Waals surface area contributed by atoms with Crippen LogP contribution in [0, 0.1) is 6.92 Å². The fraction of sp³-hybridized carbons (Fsp3) is 0.750. The minimum atomic E-state index is 1.01. The van der Waals surface area contributed by atoms with Gasteiger partial charge >= 0.3 is 0 Å². The minimum absolute atomic E-state index is 1.01. The summed E-state index contributed by atoms with van der Waals surface area (Å²) in [6.07, 6.45) is 10.2. The Morgan fingerprint density at radius 1 is 1.00 bits per heavy atom. The maximum absolute atomic E-state index is 4.02. The van der Waals surface area contributed by atoms with Crippen molar-refractivity contribution in [2.75, 3.05) is 0 Å². The van der Waals surface area contributed by atoms with Crippen molar-refractivity contribution in [1.29, 1.82) is 0 Å². The zero-order valence-corrected chi connectivity index (χ0v) is 8.57. The first-order valence-electron chi connectivity index (χ1n) is 5.27. The van der Waals surface area contributed by atoms with Crippen LogP contribution in [0.1, 0.15) is 58.3 Å². The molecule has 0 saturated carbocycles. The molecule has 0 amide bonds. The van der Waals surface area contributed by atoms with Gasteiger partial charge in [-0.25, -0.2) is 0 Å². The zero-order valence-electron chi connectivity index (χ0n) is 8.57. The third-order valence-electron chi connectivity index (χ3n) is 2.16. The summed E-state index contributed by atoms with van der Waals surface area (Å²) in [5.41, 5.74) is 1.39. The Bertz CT molecular complexity index is 103. The van der Waals surface area contributed by atoms with Gasteiger partial charge in [0.2, 0.25) is 0 Å². The number of unbranched alkanes of at least 4 members (excludes halogenated alkanes) is 4. The number of hydrogen-bond acceptors (Lipinski definition) is 0. The molecule has 0 aromatic rings. The normalized spacial score (nSPS) is 10.2. The maximum Gasteiger partial charge on any atom is -0.0323 e. The van der Waals surface area contributed by atoms with Crippen molar-refractivity contribution in [3.8, 4) is 0 Å². The van der Waals surface area contributed by atoms with Crippen LogP contribution in [0.15, 0.2) is 12.2 Å². The summed E-state index contributed by atoms with van der Waals surface area (Å²) in [4.78, 5) is 0. The van der Waals surface area contributed by atoms with Gasteiger partial charge in [0.05, 0.1) is 0 Å². The molecule has 0 atom stereocenters. The Balaban J connectivity index is 3.03. The van der Waals surface area contributed by atoms with Crippen molar-refractivity contribution in [3.63, 3.8) is 0 Å². The average Bonchev–Trinajstić information content (AvgIpc) is 2.05. The van der Waals surface area contributed by atoms with Crippen molar-refractivity contribution in [3.05, 3.63) is 19.1 Å². The molecular weight excluding hydrogens is 144 g/mol. The first-order chi connectivity index (χ1) is 5.81. The second kappa shape index (κ2) is 8.83. The molecule has 0 aromatic carbocycles. The standard InChI is InChI=1S/C12H23/c1-4-6-7-8-9-11-12(3)10-5-2/h2-11H2,1H3. The molecule has 12 heavy (non-hydrogen) atoms. The lowest BCUT2D eigenvalue weighted by atomic mass is 10.0. The van der Waals surface area contributed by atoms with E-state index in [2.05, 4.69) is 20.4 Å². The summed E-state index contributed by atoms with van der Waals surface area (Å²) >= 11 is 0. The highest BCUT2D eigenvalue weighted by Gasteiger charge is 1.93. The largest absolute Gasteiger partial charge is 0.0999 e.